The van der Waals surface area contributed by atoms with Crippen LogP contribution < -0.4 is 0 Å². The topological polar surface area (TPSA) is 54.4 Å². The van der Waals surface area contributed by atoms with Crippen molar-refractivity contribution in [3.63, 3.8) is 0 Å². The van der Waals surface area contributed by atoms with E-state index < -0.39 is 22.0 Å². The number of hydrogen-bond donors (Lipinski definition) is 1. The van der Waals surface area contributed by atoms with Gasteiger partial charge in [0.05, 0.1) is 0 Å². The number of carboxylic acid groups (broad SMARTS) is 1. The maximum atomic E-state index is 12.2. The second-order valence-corrected chi connectivity index (χ2v) is 7.59. The van der Waals surface area contributed by atoms with Gasteiger partial charge in [-0.15, -0.1) is 0 Å². The Bertz CT molecular complexity index is 327. The zero-order chi connectivity index (χ0) is 12.6. The fourth-order valence-corrected chi connectivity index (χ4v) is 5.47. The monoisotopic (exact) mass is 258 g/mol. The van der Waals surface area contributed by atoms with E-state index >= 15 is 0 Å². The number of carboxylic acids is 1. The van der Waals surface area contributed by atoms with Crippen LogP contribution in [0, 0.1) is 23.7 Å². The highest BCUT2D eigenvalue weighted by molar-refractivity contribution is 7.86. The van der Waals surface area contributed by atoms with Crippen LogP contribution in [0.2, 0.25) is 0 Å². The van der Waals surface area contributed by atoms with Gasteiger partial charge in [-0.2, -0.15) is 0 Å². The summed E-state index contributed by atoms with van der Waals surface area (Å²) in [5.74, 6) is 1.74. The Morgan fingerprint density at radius 3 is 2.47 bits per heavy atom. The van der Waals surface area contributed by atoms with Gasteiger partial charge in [0.15, 0.2) is 0 Å². The first-order chi connectivity index (χ1) is 7.99. The van der Waals surface area contributed by atoms with Crippen LogP contribution in [0.3, 0.4) is 0 Å². The van der Waals surface area contributed by atoms with Crippen molar-refractivity contribution in [1.29, 1.82) is 0 Å². The quantitative estimate of drug-likeness (QED) is 0.823. The summed E-state index contributed by atoms with van der Waals surface area (Å²) < 4.78 is 12.2. The molecule has 2 aliphatic rings. The highest BCUT2D eigenvalue weighted by atomic mass is 32.2. The molecule has 0 saturated heterocycles. The third-order valence-corrected chi connectivity index (χ3v) is 6.46. The average molecular weight is 258 g/mol. The van der Waals surface area contributed by atoms with E-state index in [0.29, 0.717) is 11.7 Å². The van der Waals surface area contributed by atoms with Crippen molar-refractivity contribution in [2.45, 2.75) is 44.8 Å². The molecular weight excluding hydrogens is 236 g/mol. The minimum Gasteiger partial charge on any atom is -0.480 e. The third kappa shape index (κ3) is 2.72. The Kier molecular flexibility index (Phi) is 3.91. The largest absolute Gasteiger partial charge is 0.480 e. The number of aliphatic carboxylic acids is 1. The number of fused-ring (bicyclic) bond motifs is 2. The zero-order valence-corrected chi connectivity index (χ0v) is 11.4. The van der Waals surface area contributed by atoms with Crippen LogP contribution in [0.15, 0.2) is 0 Å². The highest BCUT2D eigenvalue weighted by Gasteiger charge is 2.41. The van der Waals surface area contributed by atoms with Crippen molar-refractivity contribution in [3.8, 4) is 0 Å². The van der Waals surface area contributed by atoms with Crippen LogP contribution >= 0.6 is 0 Å². The Labute approximate surface area is 105 Å². The molecule has 2 aliphatic carbocycles. The predicted molar refractivity (Wildman–Crippen MR) is 68.2 cm³/mol. The molecule has 2 bridgehead atoms. The van der Waals surface area contributed by atoms with Crippen molar-refractivity contribution in [1.82, 2.24) is 0 Å². The maximum absolute atomic E-state index is 12.2. The Hall–Kier alpha value is -0.380. The van der Waals surface area contributed by atoms with E-state index in [1.54, 1.807) is 0 Å². The molecule has 0 aliphatic heterocycles. The molecule has 0 aromatic heterocycles. The van der Waals surface area contributed by atoms with Gasteiger partial charge >= 0.3 is 5.97 Å². The molecule has 17 heavy (non-hydrogen) atoms. The molecule has 4 heteroatoms. The standard InChI is InChI=1S/C13H22O3S/c1-8(2)12(13(14)15)17(16)7-11-6-9-3-4-10(11)5-9/h8-12H,3-7H2,1-2H3,(H,14,15). The van der Waals surface area contributed by atoms with E-state index in [1.807, 2.05) is 13.8 Å². The van der Waals surface area contributed by atoms with Gasteiger partial charge in [-0.3, -0.25) is 9.00 Å². The van der Waals surface area contributed by atoms with Crippen molar-refractivity contribution in [2.24, 2.45) is 23.7 Å². The van der Waals surface area contributed by atoms with Gasteiger partial charge in [-0.25, -0.2) is 0 Å². The van der Waals surface area contributed by atoms with Crippen molar-refractivity contribution >= 4 is 16.8 Å². The molecule has 0 radical (unpaired) electrons. The minimum atomic E-state index is -1.21. The molecule has 2 saturated carbocycles. The molecule has 98 valence electrons. The van der Waals surface area contributed by atoms with E-state index in [4.69, 9.17) is 5.11 Å². The van der Waals surface area contributed by atoms with Crippen LogP contribution in [0.4, 0.5) is 0 Å². The molecule has 5 unspecified atom stereocenters. The summed E-state index contributed by atoms with van der Waals surface area (Å²) in [7, 11) is -1.21. The highest BCUT2D eigenvalue weighted by Crippen LogP contribution is 2.48. The molecule has 0 amide bonds. The number of carbonyl (C=O) groups is 1. The third-order valence-electron chi connectivity index (χ3n) is 4.40. The summed E-state index contributed by atoms with van der Waals surface area (Å²) in [5.41, 5.74) is 0. The van der Waals surface area contributed by atoms with Crippen molar-refractivity contribution < 1.29 is 14.1 Å². The molecule has 2 rings (SSSR count). The summed E-state index contributed by atoms with van der Waals surface area (Å²) in [6, 6.07) is 0. The van der Waals surface area contributed by atoms with Crippen LogP contribution in [-0.2, 0) is 15.6 Å². The second-order valence-electron chi connectivity index (χ2n) is 5.99. The normalized spacial score (nSPS) is 35.1. The lowest BCUT2D eigenvalue weighted by molar-refractivity contribution is -0.137. The van der Waals surface area contributed by atoms with Gasteiger partial charge in [-0.05, 0) is 42.9 Å². The first-order valence-corrected chi connectivity index (χ1v) is 7.97. The Morgan fingerprint density at radius 1 is 1.35 bits per heavy atom. The molecule has 5 atom stereocenters. The van der Waals surface area contributed by atoms with Crippen LogP contribution in [0.5, 0.6) is 0 Å². The molecule has 0 heterocycles. The van der Waals surface area contributed by atoms with Crippen molar-refractivity contribution in [2.75, 3.05) is 5.75 Å². The van der Waals surface area contributed by atoms with E-state index in [2.05, 4.69) is 0 Å². The van der Waals surface area contributed by atoms with Gasteiger partial charge in [0.2, 0.25) is 0 Å². The van der Waals surface area contributed by atoms with E-state index in [-0.39, 0.29) is 5.92 Å². The van der Waals surface area contributed by atoms with Crippen molar-refractivity contribution in [3.05, 3.63) is 0 Å². The summed E-state index contributed by atoms with van der Waals surface area (Å²) >= 11 is 0. The van der Waals surface area contributed by atoms with Crippen LogP contribution in [0.25, 0.3) is 0 Å². The van der Waals surface area contributed by atoms with Crippen LogP contribution in [-0.4, -0.2) is 26.3 Å². The molecular formula is C13H22O3S. The van der Waals surface area contributed by atoms with Gasteiger partial charge in [0.1, 0.15) is 5.25 Å². The first-order valence-electron chi connectivity index (χ1n) is 6.59. The molecule has 3 nitrogen and oxygen atoms in total. The first kappa shape index (κ1) is 13.1. The SMILES string of the molecule is CC(C)C(C(=O)O)S(=O)CC1CC2CCC1C2. The van der Waals surface area contributed by atoms with Gasteiger partial charge in [0, 0.05) is 16.6 Å². The maximum Gasteiger partial charge on any atom is 0.319 e. The zero-order valence-electron chi connectivity index (χ0n) is 10.6. The number of rotatable bonds is 5. The lowest BCUT2D eigenvalue weighted by Crippen LogP contribution is -2.34. The molecule has 0 aromatic rings. The smallest absolute Gasteiger partial charge is 0.319 e. The molecule has 0 aromatic carbocycles. The fourth-order valence-electron chi connectivity index (χ4n) is 3.60. The summed E-state index contributed by atoms with van der Waals surface area (Å²) in [6.07, 6.45) is 5.08. The summed E-state index contributed by atoms with van der Waals surface area (Å²) in [6.45, 7) is 3.69. The predicted octanol–water partition coefficient (Wildman–Crippen LogP) is 2.28. The lowest BCUT2D eigenvalue weighted by atomic mass is 9.90. The molecule has 0 spiro atoms. The van der Waals surface area contributed by atoms with Gasteiger partial charge in [0.25, 0.3) is 0 Å². The van der Waals surface area contributed by atoms with Gasteiger partial charge in [-0.1, -0.05) is 20.3 Å². The second kappa shape index (κ2) is 5.09. The Morgan fingerprint density at radius 2 is 2.06 bits per heavy atom. The number of hydrogen-bond acceptors (Lipinski definition) is 2. The summed E-state index contributed by atoms with van der Waals surface area (Å²) in [5, 5.41) is 8.44. The molecule has 2 fully saturated rings. The van der Waals surface area contributed by atoms with E-state index in [0.717, 1.165) is 11.8 Å². The summed E-state index contributed by atoms with van der Waals surface area (Å²) in [4.78, 5) is 11.1. The van der Waals surface area contributed by atoms with E-state index in [1.165, 1.54) is 25.7 Å². The Balaban J connectivity index is 1.94. The van der Waals surface area contributed by atoms with Crippen LogP contribution in [0.1, 0.15) is 39.5 Å². The minimum absolute atomic E-state index is 0.0491. The van der Waals surface area contributed by atoms with E-state index in [9.17, 15) is 9.00 Å². The fraction of sp³-hybridized carbons (Fsp3) is 0.923. The lowest BCUT2D eigenvalue weighted by Gasteiger charge is -2.24. The molecule has 1 N–H and O–H groups in total. The average Bonchev–Trinajstić information content (AvgIpc) is 2.77. The van der Waals surface area contributed by atoms with Gasteiger partial charge < -0.3 is 5.11 Å².